The molecule has 1 saturated heterocycles. The van der Waals surface area contributed by atoms with E-state index < -0.39 is 11.9 Å². The predicted octanol–water partition coefficient (Wildman–Crippen LogP) is 1.71. The Morgan fingerprint density at radius 1 is 1.00 bits per heavy atom. The third kappa shape index (κ3) is 4.59. The molecule has 1 fully saturated rings. The number of anilines is 1. The number of carbonyl (C=O) groups is 3. The summed E-state index contributed by atoms with van der Waals surface area (Å²) in [5.41, 5.74) is 1.05. The molecule has 1 aliphatic rings. The summed E-state index contributed by atoms with van der Waals surface area (Å²) < 4.78 is 4.90. The van der Waals surface area contributed by atoms with Gasteiger partial charge in [0.25, 0.3) is 5.91 Å². The highest BCUT2D eigenvalue weighted by Crippen LogP contribution is 2.19. The number of carboxylic acids is 1. The molecule has 0 unspecified atom stereocenters. The maximum Gasteiger partial charge on any atom is 0.371 e. The number of hydrogen-bond donors (Lipinski definition) is 2. The van der Waals surface area contributed by atoms with Crippen LogP contribution >= 0.6 is 11.6 Å². The van der Waals surface area contributed by atoms with Crippen molar-refractivity contribution in [1.29, 1.82) is 0 Å². The van der Waals surface area contributed by atoms with Crippen LogP contribution < -0.4 is 10.2 Å². The largest absolute Gasteiger partial charge is 0.475 e. The molecule has 8 nitrogen and oxygen atoms in total. The Kier molecular flexibility index (Phi) is 5.66. The number of amides is 2. The highest BCUT2D eigenvalue weighted by atomic mass is 35.5. The smallest absolute Gasteiger partial charge is 0.371 e. The lowest BCUT2D eigenvalue weighted by atomic mass is 10.2. The van der Waals surface area contributed by atoms with Crippen molar-refractivity contribution in [2.75, 3.05) is 37.6 Å². The van der Waals surface area contributed by atoms with E-state index in [2.05, 4.69) is 10.2 Å². The summed E-state index contributed by atoms with van der Waals surface area (Å²) >= 11 is 5.90. The lowest BCUT2D eigenvalue weighted by Gasteiger charge is -2.36. The van der Waals surface area contributed by atoms with Gasteiger partial charge in [0, 0.05) is 36.9 Å². The number of nitrogens with zero attached hydrogens (tertiary/aromatic N) is 2. The minimum absolute atomic E-state index is 0.146. The number of rotatable bonds is 5. The first-order valence-electron chi connectivity index (χ1n) is 8.33. The molecule has 0 radical (unpaired) electrons. The molecule has 1 aliphatic heterocycles. The third-order valence-electron chi connectivity index (χ3n) is 4.26. The lowest BCUT2D eigenvalue weighted by Crippen LogP contribution is -2.51. The Balaban J connectivity index is 1.47. The van der Waals surface area contributed by atoms with Gasteiger partial charge in [0.2, 0.25) is 11.7 Å². The number of hydrogen-bond acceptors (Lipinski definition) is 5. The molecule has 2 aromatic rings. The van der Waals surface area contributed by atoms with Crippen LogP contribution in [0, 0.1) is 0 Å². The standard InChI is InChI=1S/C18H18ClN3O5/c19-12-1-3-13(4-2-12)21-7-9-22(10-8-21)16(23)11-20-17(24)14-5-6-15(27-14)18(25)26/h1-6H,7-11H2,(H,20,24)(H,25,26). The number of halogens is 1. The monoisotopic (exact) mass is 391 g/mol. The molecular weight excluding hydrogens is 374 g/mol. The summed E-state index contributed by atoms with van der Waals surface area (Å²) in [5, 5.41) is 11.9. The molecule has 0 saturated carbocycles. The number of benzene rings is 1. The van der Waals surface area contributed by atoms with Gasteiger partial charge < -0.3 is 24.6 Å². The number of carbonyl (C=O) groups excluding carboxylic acids is 2. The van der Waals surface area contributed by atoms with Crippen LogP contribution in [0.1, 0.15) is 21.1 Å². The van der Waals surface area contributed by atoms with Crippen LogP contribution in [0.2, 0.25) is 5.02 Å². The van der Waals surface area contributed by atoms with Gasteiger partial charge in [0.05, 0.1) is 6.54 Å². The average Bonchev–Trinajstić information content (AvgIpc) is 3.17. The molecule has 2 N–H and O–H groups in total. The van der Waals surface area contributed by atoms with Gasteiger partial charge in [0.1, 0.15) is 0 Å². The summed E-state index contributed by atoms with van der Waals surface area (Å²) in [5.74, 6) is -2.57. The number of nitrogens with one attached hydrogen (secondary N) is 1. The Bertz CT molecular complexity index is 841. The van der Waals surface area contributed by atoms with Gasteiger partial charge in [-0.1, -0.05) is 11.6 Å². The topological polar surface area (TPSA) is 103 Å². The SMILES string of the molecule is O=C(O)c1ccc(C(=O)NCC(=O)N2CCN(c3ccc(Cl)cc3)CC2)o1. The summed E-state index contributed by atoms with van der Waals surface area (Å²) in [7, 11) is 0. The van der Waals surface area contributed by atoms with E-state index in [1.807, 2.05) is 24.3 Å². The van der Waals surface area contributed by atoms with Crippen LogP contribution in [0.4, 0.5) is 5.69 Å². The first kappa shape index (κ1) is 18.8. The van der Waals surface area contributed by atoms with Crippen molar-refractivity contribution in [3.05, 3.63) is 52.9 Å². The maximum atomic E-state index is 12.3. The van der Waals surface area contributed by atoms with Crippen molar-refractivity contribution >= 4 is 35.1 Å². The minimum atomic E-state index is -1.26. The van der Waals surface area contributed by atoms with E-state index in [4.69, 9.17) is 21.1 Å². The first-order chi connectivity index (χ1) is 12.9. The van der Waals surface area contributed by atoms with Gasteiger partial charge in [-0.25, -0.2) is 4.79 Å². The fraction of sp³-hybridized carbons (Fsp3) is 0.278. The molecule has 2 amide bonds. The van der Waals surface area contributed by atoms with Crippen molar-refractivity contribution in [2.24, 2.45) is 0 Å². The van der Waals surface area contributed by atoms with Crippen LogP contribution in [0.15, 0.2) is 40.8 Å². The van der Waals surface area contributed by atoms with Crippen LogP contribution in [0.3, 0.4) is 0 Å². The molecule has 2 heterocycles. The van der Waals surface area contributed by atoms with E-state index in [9.17, 15) is 14.4 Å². The normalized spacial score (nSPS) is 14.1. The summed E-state index contributed by atoms with van der Waals surface area (Å²) in [6, 6.07) is 9.98. The average molecular weight is 392 g/mol. The molecule has 0 spiro atoms. The predicted molar refractivity (Wildman–Crippen MR) is 98.2 cm³/mol. The number of aromatic carboxylic acids is 1. The van der Waals surface area contributed by atoms with Crippen LogP contribution in [-0.2, 0) is 4.79 Å². The molecule has 142 valence electrons. The van der Waals surface area contributed by atoms with E-state index >= 15 is 0 Å². The van der Waals surface area contributed by atoms with E-state index in [0.29, 0.717) is 31.2 Å². The molecule has 1 aromatic carbocycles. The Morgan fingerprint density at radius 3 is 2.22 bits per heavy atom. The fourth-order valence-electron chi connectivity index (χ4n) is 2.80. The fourth-order valence-corrected chi connectivity index (χ4v) is 2.92. The van der Waals surface area contributed by atoms with Crippen LogP contribution in [-0.4, -0.2) is 60.5 Å². The van der Waals surface area contributed by atoms with E-state index in [0.717, 1.165) is 5.69 Å². The van der Waals surface area contributed by atoms with Crippen LogP contribution in [0.25, 0.3) is 0 Å². The molecule has 27 heavy (non-hydrogen) atoms. The molecule has 3 rings (SSSR count). The van der Waals surface area contributed by atoms with E-state index in [1.165, 1.54) is 12.1 Å². The zero-order valence-electron chi connectivity index (χ0n) is 14.4. The van der Waals surface area contributed by atoms with Gasteiger partial charge in [-0.15, -0.1) is 0 Å². The molecule has 0 atom stereocenters. The number of carboxylic acid groups (broad SMARTS) is 1. The third-order valence-corrected chi connectivity index (χ3v) is 4.52. The van der Waals surface area contributed by atoms with Gasteiger partial charge in [0.15, 0.2) is 5.76 Å². The zero-order valence-corrected chi connectivity index (χ0v) is 15.1. The first-order valence-corrected chi connectivity index (χ1v) is 8.71. The van der Waals surface area contributed by atoms with Crippen molar-refractivity contribution in [1.82, 2.24) is 10.2 Å². The Morgan fingerprint density at radius 2 is 1.63 bits per heavy atom. The van der Waals surface area contributed by atoms with Gasteiger partial charge >= 0.3 is 5.97 Å². The molecule has 9 heteroatoms. The highest BCUT2D eigenvalue weighted by molar-refractivity contribution is 6.30. The maximum absolute atomic E-state index is 12.3. The Hall–Kier alpha value is -3.00. The second-order valence-electron chi connectivity index (χ2n) is 6.00. The quantitative estimate of drug-likeness (QED) is 0.804. The zero-order chi connectivity index (χ0) is 19.4. The number of piperazine rings is 1. The van der Waals surface area contributed by atoms with Crippen LogP contribution in [0.5, 0.6) is 0 Å². The molecule has 0 aliphatic carbocycles. The van der Waals surface area contributed by atoms with Gasteiger partial charge in [-0.3, -0.25) is 9.59 Å². The highest BCUT2D eigenvalue weighted by Gasteiger charge is 2.22. The molecular formula is C18H18ClN3O5. The van der Waals surface area contributed by atoms with Gasteiger partial charge in [-0.2, -0.15) is 0 Å². The van der Waals surface area contributed by atoms with E-state index in [1.54, 1.807) is 4.90 Å². The van der Waals surface area contributed by atoms with Crippen molar-refractivity contribution in [3.63, 3.8) is 0 Å². The second kappa shape index (κ2) is 8.13. The lowest BCUT2D eigenvalue weighted by molar-refractivity contribution is -0.130. The molecule has 0 bridgehead atoms. The van der Waals surface area contributed by atoms with Crippen molar-refractivity contribution < 1.29 is 23.9 Å². The Labute approximate surface area is 160 Å². The summed E-state index contributed by atoms with van der Waals surface area (Å²) in [6.07, 6.45) is 0. The number of furan rings is 1. The molecule has 1 aromatic heterocycles. The minimum Gasteiger partial charge on any atom is -0.475 e. The summed E-state index contributed by atoms with van der Waals surface area (Å²) in [6.45, 7) is 2.27. The van der Waals surface area contributed by atoms with E-state index in [-0.39, 0.29) is 24.0 Å². The van der Waals surface area contributed by atoms with Gasteiger partial charge in [-0.05, 0) is 36.4 Å². The summed E-state index contributed by atoms with van der Waals surface area (Å²) in [4.78, 5) is 38.8. The van der Waals surface area contributed by atoms with Crippen molar-refractivity contribution in [2.45, 2.75) is 0 Å². The second-order valence-corrected chi connectivity index (χ2v) is 6.43. The van der Waals surface area contributed by atoms with Crippen molar-refractivity contribution in [3.8, 4) is 0 Å².